The van der Waals surface area contributed by atoms with Crippen molar-refractivity contribution in [1.82, 2.24) is 9.38 Å². The number of aromatic nitrogens is 2. The highest BCUT2D eigenvalue weighted by atomic mass is 19.1. The Kier molecular flexibility index (Phi) is 11.1. The molecule has 2 aromatic carbocycles. The second-order valence-electron chi connectivity index (χ2n) is 13.2. The number of pyridine rings is 1. The summed E-state index contributed by atoms with van der Waals surface area (Å²) in [5.74, 6) is 0.0741. The fourth-order valence-electron chi connectivity index (χ4n) is 6.06. The number of imidazole rings is 1. The van der Waals surface area contributed by atoms with E-state index in [1.54, 1.807) is 6.07 Å². The van der Waals surface area contributed by atoms with E-state index < -0.39 is 17.7 Å². The zero-order valence-electron chi connectivity index (χ0n) is 28.9. The molecule has 0 radical (unpaired) electrons. The fourth-order valence-corrected chi connectivity index (χ4v) is 6.06. The van der Waals surface area contributed by atoms with Gasteiger partial charge < -0.3 is 19.5 Å². The number of aliphatic carboxylic acids is 1. The highest BCUT2D eigenvalue weighted by Gasteiger charge is 2.34. The van der Waals surface area contributed by atoms with Crippen molar-refractivity contribution in [2.45, 2.75) is 106 Å². The molecule has 0 aliphatic rings. The number of hydrogen-bond acceptors (Lipinski definition) is 5. The lowest BCUT2D eigenvalue weighted by molar-refractivity contribution is -0.160. The van der Waals surface area contributed by atoms with Crippen molar-refractivity contribution < 1.29 is 23.8 Å². The molecule has 4 rings (SSSR count). The fraction of sp³-hybridized carbons (Fsp3) is 0.474. The summed E-state index contributed by atoms with van der Waals surface area (Å²) in [5.41, 5.74) is 5.58. The number of rotatable bonds is 14. The van der Waals surface area contributed by atoms with Gasteiger partial charge in [-0.2, -0.15) is 0 Å². The van der Waals surface area contributed by atoms with Crippen LogP contribution in [-0.2, 0) is 9.53 Å². The number of carboxylic acids is 1. The van der Waals surface area contributed by atoms with Crippen LogP contribution in [0.4, 0.5) is 10.2 Å². The van der Waals surface area contributed by atoms with E-state index in [0.717, 1.165) is 78.2 Å². The average Bonchev–Trinajstić information content (AvgIpc) is 3.44. The minimum atomic E-state index is -1.16. The molecule has 248 valence electrons. The third-order valence-corrected chi connectivity index (χ3v) is 8.16. The van der Waals surface area contributed by atoms with Gasteiger partial charge in [0.2, 0.25) is 0 Å². The normalized spacial score (nSPS) is 13.2. The first-order chi connectivity index (χ1) is 21.8. The van der Waals surface area contributed by atoms with Gasteiger partial charge in [-0.1, -0.05) is 45.4 Å². The predicted octanol–water partition coefficient (Wildman–Crippen LogP) is 9.56. The van der Waals surface area contributed by atoms with Crippen LogP contribution in [-0.4, -0.2) is 45.3 Å². The number of fused-ring (bicyclic) bond motifs is 1. The van der Waals surface area contributed by atoms with Crippen molar-refractivity contribution in [3.8, 4) is 28.1 Å². The highest BCUT2D eigenvalue weighted by molar-refractivity contribution is 5.81. The third-order valence-electron chi connectivity index (χ3n) is 8.16. The molecule has 8 heteroatoms. The van der Waals surface area contributed by atoms with Crippen molar-refractivity contribution in [2.75, 3.05) is 18.0 Å². The maximum absolute atomic E-state index is 14.5. The van der Waals surface area contributed by atoms with E-state index in [9.17, 15) is 14.3 Å². The monoisotopic (exact) mass is 631 g/mol. The molecule has 4 aromatic rings. The molecule has 46 heavy (non-hydrogen) atoms. The Hall–Kier alpha value is -3.91. The lowest BCUT2D eigenvalue weighted by Crippen LogP contribution is -2.33. The SMILES string of the molecule is CCC[C@H](C)Oc1ccc(F)cc1-c1cccc(-c2cn3c(N(CCC)CCC)c([C@H](OC(C)(C)C)C(=O)O)c(C)c(C)c3n2)c1. The lowest BCUT2D eigenvalue weighted by Gasteiger charge is -2.33. The molecule has 0 saturated carbocycles. The van der Waals surface area contributed by atoms with Gasteiger partial charge in [0.1, 0.15) is 23.0 Å². The minimum absolute atomic E-state index is 0.000689. The molecule has 1 N–H and O–H groups in total. The Morgan fingerprint density at radius 2 is 1.67 bits per heavy atom. The lowest BCUT2D eigenvalue weighted by atomic mass is 9.98. The Bertz CT molecular complexity index is 1670. The summed E-state index contributed by atoms with van der Waals surface area (Å²) in [5, 5.41) is 10.5. The van der Waals surface area contributed by atoms with Crippen LogP contribution in [0.5, 0.6) is 5.75 Å². The first-order valence-electron chi connectivity index (χ1n) is 16.5. The number of benzene rings is 2. The van der Waals surface area contributed by atoms with Crippen molar-refractivity contribution >= 4 is 17.4 Å². The van der Waals surface area contributed by atoms with E-state index in [2.05, 4.69) is 25.7 Å². The highest BCUT2D eigenvalue weighted by Crippen LogP contribution is 2.40. The number of aryl methyl sites for hydroxylation is 1. The van der Waals surface area contributed by atoms with Crippen LogP contribution in [0.1, 0.15) is 96.9 Å². The molecule has 0 spiro atoms. The molecule has 0 aliphatic carbocycles. The van der Waals surface area contributed by atoms with E-state index in [-0.39, 0.29) is 11.9 Å². The van der Waals surface area contributed by atoms with Crippen LogP contribution in [0.25, 0.3) is 28.0 Å². The van der Waals surface area contributed by atoms with Crippen LogP contribution in [0.3, 0.4) is 0 Å². The van der Waals surface area contributed by atoms with E-state index in [0.29, 0.717) is 16.9 Å². The molecule has 0 bridgehead atoms. The van der Waals surface area contributed by atoms with Gasteiger partial charge in [0.25, 0.3) is 0 Å². The summed E-state index contributed by atoms with van der Waals surface area (Å²) < 4.78 is 29.1. The smallest absolute Gasteiger partial charge is 0.337 e. The maximum Gasteiger partial charge on any atom is 0.337 e. The van der Waals surface area contributed by atoms with E-state index in [4.69, 9.17) is 14.5 Å². The van der Waals surface area contributed by atoms with Crippen molar-refractivity contribution in [3.05, 3.63) is 71.2 Å². The molecule has 0 fully saturated rings. The zero-order chi connectivity index (χ0) is 33.8. The number of carbonyl (C=O) groups is 1. The van der Waals surface area contributed by atoms with Crippen molar-refractivity contribution in [1.29, 1.82) is 0 Å². The summed E-state index contributed by atoms with van der Waals surface area (Å²) in [6.07, 6.45) is 4.51. The largest absolute Gasteiger partial charge is 0.490 e. The molecule has 2 atom stereocenters. The predicted molar refractivity (Wildman–Crippen MR) is 185 cm³/mol. The molecule has 0 saturated heterocycles. The van der Waals surface area contributed by atoms with Gasteiger partial charge >= 0.3 is 5.97 Å². The van der Waals surface area contributed by atoms with Crippen LogP contribution >= 0.6 is 0 Å². The molecular weight excluding hydrogens is 581 g/mol. The summed E-state index contributed by atoms with van der Waals surface area (Å²) in [6, 6.07) is 12.5. The van der Waals surface area contributed by atoms with Crippen LogP contribution in [0.15, 0.2) is 48.7 Å². The van der Waals surface area contributed by atoms with Gasteiger partial charge in [0, 0.05) is 36.0 Å². The molecule has 0 amide bonds. The summed E-state index contributed by atoms with van der Waals surface area (Å²) in [4.78, 5) is 20.2. The molecule has 0 aliphatic heterocycles. The maximum atomic E-state index is 14.5. The second kappa shape index (κ2) is 14.7. The van der Waals surface area contributed by atoms with Gasteiger partial charge in [0.15, 0.2) is 6.10 Å². The summed E-state index contributed by atoms with van der Waals surface area (Å²) >= 11 is 0. The number of hydrogen-bond donors (Lipinski definition) is 1. The Morgan fingerprint density at radius 3 is 2.28 bits per heavy atom. The number of ether oxygens (including phenoxy) is 2. The third kappa shape index (κ3) is 7.72. The first kappa shape index (κ1) is 35.0. The molecular formula is C38H50FN3O4. The van der Waals surface area contributed by atoms with E-state index in [1.165, 1.54) is 12.1 Å². The zero-order valence-corrected chi connectivity index (χ0v) is 28.9. The van der Waals surface area contributed by atoms with Crippen LogP contribution in [0, 0.1) is 19.7 Å². The van der Waals surface area contributed by atoms with Crippen molar-refractivity contribution in [2.24, 2.45) is 0 Å². The quantitative estimate of drug-likeness (QED) is 0.149. The molecule has 0 unspecified atom stereocenters. The second-order valence-corrected chi connectivity index (χ2v) is 13.2. The van der Waals surface area contributed by atoms with Gasteiger partial charge in [-0.25, -0.2) is 14.2 Å². The number of anilines is 1. The number of halogens is 1. The Labute approximate surface area is 273 Å². The Balaban J connectivity index is 1.95. The minimum Gasteiger partial charge on any atom is -0.490 e. The molecule has 7 nitrogen and oxygen atoms in total. The van der Waals surface area contributed by atoms with Gasteiger partial charge in [-0.05, 0) is 102 Å². The first-order valence-corrected chi connectivity index (χ1v) is 16.5. The van der Waals surface area contributed by atoms with Crippen molar-refractivity contribution in [3.63, 3.8) is 0 Å². The molecule has 2 heterocycles. The van der Waals surface area contributed by atoms with Gasteiger partial charge in [-0.15, -0.1) is 0 Å². The summed E-state index contributed by atoms with van der Waals surface area (Å²) in [6.45, 7) is 19.5. The van der Waals surface area contributed by atoms with Gasteiger partial charge in [-0.3, -0.25) is 4.40 Å². The van der Waals surface area contributed by atoms with Gasteiger partial charge in [0.05, 0.1) is 17.4 Å². The van der Waals surface area contributed by atoms with E-state index in [1.807, 2.05) is 76.4 Å². The Morgan fingerprint density at radius 1 is 1.00 bits per heavy atom. The average molecular weight is 632 g/mol. The number of nitrogens with zero attached hydrogens (tertiary/aromatic N) is 3. The summed E-state index contributed by atoms with van der Waals surface area (Å²) in [7, 11) is 0. The standard InChI is InChI=1S/C38H50FN3O4/c1-10-14-24(4)45-32-18-17-29(39)22-30(32)27-15-13-16-28(21-27)31-23-42-35(40-31)26(6)25(5)33(34(37(43)44)46-38(7,8)9)36(42)41(19-11-2)20-12-3/h13,15-18,21-24,34H,10-12,14,19-20H2,1-9H3,(H,43,44)/t24-,34-/m0/s1. The van der Waals surface area contributed by atoms with E-state index >= 15 is 0 Å². The van der Waals surface area contributed by atoms with Crippen LogP contribution < -0.4 is 9.64 Å². The number of carboxylic acid groups (broad SMARTS) is 1. The topological polar surface area (TPSA) is 76.3 Å². The van der Waals surface area contributed by atoms with Crippen LogP contribution in [0.2, 0.25) is 0 Å². The molecule has 2 aromatic heterocycles.